The predicted octanol–water partition coefficient (Wildman–Crippen LogP) is 3.19. The minimum atomic E-state index is -0.0178. The second kappa shape index (κ2) is 8.99. The number of nitrogens with zero attached hydrogens (tertiary/aromatic N) is 3. The molecular weight excluding hydrogens is 376 g/mol. The molecule has 2 aromatic heterocycles. The zero-order valence-corrected chi connectivity index (χ0v) is 16.0. The van der Waals surface area contributed by atoms with Gasteiger partial charge in [-0.2, -0.15) is 4.98 Å². The lowest BCUT2D eigenvalue weighted by molar-refractivity contribution is -0.119. The highest BCUT2D eigenvalue weighted by atomic mass is 32.2. The maximum absolute atomic E-state index is 12.0. The third kappa shape index (κ3) is 4.76. The Labute approximate surface area is 166 Å². The molecule has 1 fully saturated rings. The molecule has 3 aromatic rings. The summed E-state index contributed by atoms with van der Waals surface area (Å²) in [5.41, 5.74) is 1.63. The van der Waals surface area contributed by atoms with Crippen LogP contribution in [0.2, 0.25) is 0 Å². The summed E-state index contributed by atoms with van der Waals surface area (Å²) in [5.74, 6) is 1.25. The summed E-state index contributed by atoms with van der Waals surface area (Å²) in [7, 11) is 0. The van der Waals surface area contributed by atoms with E-state index in [1.165, 1.54) is 11.8 Å². The summed E-state index contributed by atoms with van der Waals surface area (Å²) in [6.45, 7) is 1.37. The number of pyridine rings is 1. The van der Waals surface area contributed by atoms with Crippen LogP contribution in [0.15, 0.2) is 58.2 Å². The first-order chi connectivity index (χ1) is 13.8. The van der Waals surface area contributed by atoms with E-state index in [0.717, 1.165) is 35.6 Å². The molecule has 1 atom stereocenters. The summed E-state index contributed by atoms with van der Waals surface area (Å²) in [4.78, 5) is 20.7. The Morgan fingerprint density at radius 1 is 1.18 bits per heavy atom. The zero-order valence-electron chi connectivity index (χ0n) is 15.2. The summed E-state index contributed by atoms with van der Waals surface area (Å²) in [6.07, 6.45) is 3.91. The van der Waals surface area contributed by atoms with E-state index < -0.39 is 0 Å². The van der Waals surface area contributed by atoms with Crippen molar-refractivity contribution >= 4 is 17.7 Å². The van der Waals surface area contributed by atoms with Gasteiger partial charge >= 0.3 is 0 Å². The van der Waals surface area contributed by atoms with Crippen LogP contribution in [0.5, 0.6) is 0 Å². The number of carbonyl (C=O) groups excluding carboxylic acids is 1. The van der Waals surface area contributed by atoms with Gasteiger partial charge in [-0.15, -0.1) is 0 Å². The molecule has 0 unspecified atom stereocenters. The molecule has 0 saturated carbocycles. The van der Waals surface area contributed by atoms with Gasteiger partial charge in [0.25, 0.3) is 5.89 Å². The van der Waals surface area contributed by atoms with E-state index in [2.05, 4.69) is 20.4 Å². The van der Waals surface area contributed by atoms with E-state index in [-0.39, 0.29) is 12.0 Å². The molecule has 0 bridgehead atoms. The van der Waals surface area contributed by atoms with Crippen LogP contribution < -0.4 is 5.32 Å². The lowest BCUT2D eigenvalue weighted by Gasteiger charge is -2.10. The van der Waals surface area contributed by atoms with Gasteiger partial charge < -0.3 is 14.6 Å². The minimum Gasteiger partial charge on any atom is -0.376 e. The standard InChI is InChI=1S/C20H20N4O3S/c25-17(21-12-16-7-4-10-26-16)13-28-18-9-8-15(11-22-18)20-23-19(24-27-20)14-5-2-1-3-6-14/h1-3,5-6,8-9,11,16H,4,7,10,12-13H2,(H,21,25)/t16-/m1/s1. The molecule has 1 aromatic carbocycles. The lowest BCUT2D eigenvalue weighted by Crippen LogP contribution is -2.32. The van der Waals surface area contributed by atoms with Crippen LogP contribution >= 0.6 is 11.8 Å². The first-order valence-electron chi connectivity index (χ1n) is 9.14. The normalized spacial score (nSPS) is 16.2. The van der Waals surface area contributed by atoms with Crippen LogP contribution in [0.3, 0.4) is 0 Å². The number of thioether (sulfide) groups is 1. The highest BCUT2D eigenvalue weighted by Crippen LogP contribution is 2.23. The number of ether oxygens (including phenoxy) is 1. The molecule has 3 heterocycles. The van der Waals surface area contributed by atoms with Crippen LogP contribution in [-0.4, -0.2) is 46.0 Å². The molecule has 0 spiro atoms. The highest BCUT2D eigenvalue weighted by Gasteiger charge is 2.16. The van der Waals surface area contributed by atoms with Gasteiger partial charge in [0.15, 0.2) is 0 Å². The third-order valence-electron chi connectivity index (χ3n) is 4.34. The number of carbonyl (C=O) groups is 1. The molecule has 7 nitrogen and oxygen atoms in total. The average Bonchev–Trinajstić information content (AvgIpc) is 3.44. The first kappa shape index (κ1) is 18.6. The SMILES string of the molecule is O=C(CSc1ccc(-c2nc(-c3ccccc3)no2)cn1)NC[C@H]1CCCO1. The van der Waals surface area contributed by atoms with Crippen molar-refractivity contribution in [2.24, 2.45) is 0 Å². The smallest absolute Gasteiger partial charge is 0.259 e. The van der Waals surface area contributed by atoms with Crippen molar-refractivity contribution in [3.8, 4) is 22.8 Å². The monoisotopic (exact) mass is 396 g/mol. The second-order valence-corrected chi connectivity index (χ2v) is 7.40. The topological polar surface area (TPSA) is 90.1 Å². The fraction of sp³-hybridized carbons (Fsp3) is 0.300. The summed E-state index contributed by atoms with van der Waals surface area (Å²) < 4.78 is 10.8. The largest absolute Gasteiger partial charge is 0.376 e. The van der Waals surface area contributed by atoms with Crippen LogP contribution in [0.1, 0.15) is 12.8 Å². The quantitative estimate of drug-likeness (QED) is 0.613. The van der Waals surface area contributed by atoms with Crippen LogP contribution in [0.25, 0.3) is 22.8 Å². The Morgan fingerprint density at radius 2 is 2.07 bits per heavy atom. The minimum absolute atomic E-state index is 0.0178. The van der Waals surface area contributed by atoms with Gasteiger partial charge in [0.1, 0.15) is 0 Å². The van der Waals surface area contributed by atoms with Crippen molar-refractivity contribution in [1.29, 1.82) is 0 Å². The van der Waals surface area contributed by atoms with E-state index in [1.54, 1.807) is 6.20 Å². The number of aromatic nitrogens is 3. The number of nitrogens with one attached hydrogen (secondary N) is 1. The fourth-order valence-corrected chi connectivity index (χ4v) is 3.53. The van der Waals surface area contributed by atoms with E-state index >= 15 is 0 Å². The Bertz CT molecular complexity index is 909. The van der Waals surface area contributed by atoms with Gasteiger partial charge in [0, 0.05) is 24.9 Å². The van der Waals surface area contributed by atoms with E-state index in [9.17, 15) is 4.79 Å². The highest BCUT2D eigenvalue weighted by molar-refractivity contribution is 7.99. The zero-order chi connectivity index (χ0) is 19.2. The predicted molar refractivity (Wildman–Crippen MR) is 106 cm³/mol. The van der Waals surface area contributed by atoms with Crippen molar-refractivity contribution < 1.29 is 14.1 Å². The number of benzene rings is 1. The molecular formula is C20H20N4O3S. The van der Waals surface area contributed by atoms with Gasteiger partial charge in [-0.3, -0.25) is 4.79 Å². The van der Waals surface area contributed by atoms with Crippen LogP contribution in [0.4, 0.5) is 0 Å². The van der Waals surface area contributed by atoms with Crippen molar-refractivity contribution in [2.45, 2.75) is 24.0 Å². The second-order valence-electron chi connectivity index (χ2n) is 6.40. The van der Waals surface area contributed by atoms with Gasteiger partial charge in [-0.05, 0) is 25.0 Å². The molecule has 8 heteroatoms. The van der Waals surface area contributed by atoms with E-state index in [0.29, 0.717) is 24.0 Å². The average molecular weight is 396 g/mol. The molecule has 0 aliphatic carbocycles. The van der Waals surface area contributed by atoms with Gasteiger partial charge in [-0.1, -0.05) is 47.3 Å². The fourth-order valence-electron chi connectivity index (χ4n) is 2.86. The molecule has 144 valence electrons. The third-order valence-corrected chi connectivity index (χ3v) is 5.29. The van der Waals surface area contributed by atoms with Crippen molar-refractivity contribution in [1.82, 2.24) is 20.4 Å². The lowest BCUT2D eigenvalue weighted by atomic mass is 10.2. The van der Waals surface area contributed by atoms with Crippen molar-refractivity contribution in [2.75, 3.05) is 18.9 Å². The van der Waals surface area contributed by atoms with Crippen molar-refractivity contribution in [3.63, 3.8) is 0 Å². The number of hydrogen-bond acceptors (Lipinski definition) is 7. The van der Waals surface area contributed by atoms with Crippen LogP contribution in [0, 0.1) is 0 Å². The molecule has 1 N–H and O–H groups in total. The first-order valence-corrected chi connectivity index (χ1v) is 10.1. The van der Waals surface area contributed by atoms with Gasteiger partial charge in [-0.25, -0.2) is 4.98 Å². The molecule has 1 aliphatic rings. The molecule has 1 aliphatic heterocycles. The Kier molecular flexibility index (Phi) is 5.98. The number of hydrogen-bond donors (Lipinski definition) is 1. The van der Waals surface area contributed by atoms with Crippen LogP contribution in [-0.2, 0) is 9.53 Å². The molecule has 1 amide bonds. The van der Waals surface area contributed by atoms with E-state index in [1.807, 2.05) is 42.5 Å². The van der Waals surface area contributed by atoms with Gasteiger partial charge in [0.2, 0.25) is 11.7 Å². The Morgan fingerprint density at radius 3 is 2.82 bits per heavy atom. The maximum atomic E-state index is 12.0. The summed E-state index contributed by atoms with van der Waals surface area (Å²) in [6, 6.07) is 13.4. The Hall–Kier alpha value is -2.71. The maximum Gasteiger partial charge on any atom is 0.259 e. The molecule has 28 heavy (non-hydrogen) atoms. The molecule has 1 saturated heterocycles. The molecule has 4 rings (SSSR count). The molecule has 0 radical (unpaired) electrons. The Balaban J connectivity index is 1.30. The summed E-state index contributed by atoms with van der Waals surface area (Å²) in [5, 5.41) is 7.68. The number of amides is 1. The van der Waals surface area contributed by atoms with Gasteiger partial charge in [0.05, 0.1) is 22.4 Å². The van der Waals surface area contributed by atoms with Crippen molar-refractivity contribution in [3.05, 3.63) is 48.7 Å². The van der Waals surface area contributed by atoms with E-state index in [4.69, 9.17) is 9.26 Å². The number of rotatable bonds is 7. The summed E-state index contributed by atoms with van der Waals surface area (Å²) >= 11 is 1.39.